The molecule has 0 fully saturated rings. The monoisotopic (exact) mass is 286 g/mol. The summed E-state index contributed by atoms with van der Waals surface area (Å²) < 4.78 is 13.1. The Balaban J connectivity index is 1.75. The first-order valence-electron chi connectivity index (χ1n) is 6.87. The molecule has 1 aromatic carbocycles. The minimum atomic E-state index is -0.204. The second-order valence-corrected chi connectivity index (χ2v) is 4.55. The third-order valence-electron chi connectivity index (χ3n) is 2.98. The average Bonchev–Trinajstić information content (AvgIpc) is 2.52. The number of nitrogens with one attached hydrogen (secondary N) is 2. The maximum Gasteiger partial charge on any atom is 0.191 e. The smallest absolute Gasteiger partial charge is 0.191 e. The van der Waals surface area contributed by atoms with Crippen LogP contribution in [0.3, 0.4) is 0 Å². The molecular formula is C16H19FN4. The van der Waals surface area contributed by atoms with Crippen LogP contribution in [0.25, 0.3) is 0 Å². The van der Waals surface area contributed by atoms with Crippen molar-refractivity contribution in [3.63, 3.8) is 0 Å². The van der Waals surface area contributed by atoms with Gasteiger partial charge in [0.05, 0.1) is 12.2 Å². The molecule has 0 aliphatic carbocycles. The Morgan fingerprint density at radius 1 is 1.19 bits per heavy atom. The molecule has 0 saturated heterocycles. The molecular weight excluding hydrogens is 267 g/mol. The Morgan fingerprint density at radius 3 is 2.81 bits per heavy atom. The van der Waals surface area contributed by atoms with Gasteiger partial charge in [-0.15, -0.1) is 0 Å². The van der Waals surface area contributed by atoms with Gasteiger partial charge in [0.1, 0.15) is 5.82 Å². The molecule has 0 atom stereocenters. The van der Waals surface area contributed by atoms with Gasteiger partial charge in [0, 0.05) is 19.8 Å². The Morgan fingerprint density at radius 2 is 2.10 bits per heavy atom. The molecule has 5 heteroatoms. The van der Waals surface area contributed by atoms with Gasteiger partial charge in [0.2, 0.25) is 0 Å². The number of aromatic nitrogens is 1. The largest absolute Gasteiger partial charge is 0.356 e. The van der Waals surface area contributed by atoms with Gasteiger partial charge < -0.3 is 10.6 Å². The molecule has 1 aromatic heterocycles. The minimum Gasteiger partial charge on any atom is -0.356 e. The standard InChI is InChI=1S/C16H19FN4/c1-18-16(21-12-15-7-2-3-9-19-15)20-10-8-13-5-4-6-14(17)11-13/h2-7,9,11H,8,10,12H2,1H3,(H2,18,20,21). The van der Waals surface area contributed by atoms with Crippen LogP contribution in [-0.4, -0.2) is 24.5 Å². The molecule has 4 nitrogen and oxygen atoms in total. The molecule has 1 heterocycles. The van der Waals surface area contributed by atoms with Gasteiger partial charge >= 0.3 is 0 Å². The Bertz CT molecular complexity index is 584. The zero-order chi connectivity index (χ0) is 14.9. The van der Waals surface area contributed by atoms with E-state index in [1.165, 1.54) is 6.07 Å². The van der Waals surface area contributed by atoms with E-state index >= 15 is 0 Å². The lowest BCUT2D eigenvalue weighted by molar-refractivity contribution is 0.625. The van der Waals surface area contributed by atoms with Crippen molar-refractivity contribution in [1.82, 2.24) is 15.6 Å². The van der Waals surface area contributed by atoms with Crippen LogP contribution in [0.4, 0.5) is 4.39 Å². The van der Waals surface area contributed by atoms with Gasteiger partial charge in [-0.25, -0.2) is 4.39 Å². The number of halogens is 1. The zero-order valence-electron chi connectivity index (χ0n) is 12.0. The maximum atomic E-state index is 13.1. The zero-order valence-corrected chi connectivity index (χ0v) is 12.0. The SMILES string of the molecule is CN=C(NCCc1cccc(F)c1)NCc1ccccn1. The van der Waals surface area contributed by atoms with E-state index in [0.717, 1.165) is 17.7 Å². The van der Waals surface area contributed by atoms with E-state index in [1.807, 2.05) is 24.3 Å². The second kappa shape index (κ2) is 7.99. The molecule has 110 valence electrons. The third-order valence-corrected chi connectivity index (χ3v) is 2.98. The highest BCUT2D eigenvalue weighted by atomic mass is 19.1. The summed E-state index contributed by atoms with van der Waals surface area (Å²) in [4.78, 5) is 8.38. The normalized spacial score (nSPS) is 11.2. The minimum absolute atomic E-state index is 0.204. The molecule has 0 unspecified atom stereocenters. The maximum absolute atomic E-state index is 13.1. The highest BCUT2D eigenvalue weighted by molar-refractivity contribution is 5.79. The van der Waals surface area contributed by atoms with Crippen LogP contribution in [0.5, 0.6) is 0 Å². The Kier molecular flexibility index (Phi) is 5.70. The summed E-state index contributed by atoms with van der Waals surface area (Å²) in [7, 11) is 1.72. The molecule has 2 aromatic rings. The molecule has 0 spiro atoms. The topological polar surface area (TPSA) is 49.3 Å². The first-order chi connectivity index (χ1) is 10.3. The van der Waals surface area contributed by atoms with Crippen molar-refractivity contribution in [3.05, 3.63) is 65.7 Å². The fourth-order valence-electron chi connectivity index (χ4n) is 1.92. The average molecular weight is 286 g/mol. The number of benzene rings is 1. The molecule has 0 aliphatic heterocycles. The van der Waals surface area contributed by atoms with Crippen molar-refractivity contribution in [1.29, 1.82) is 0 Å². The van der Waals surface area contributed by atoms with E-state index in [1.54, 1.807) is 25.4 Å². The highest BCUT2D eigenvalue weighted by Gasteiger charge is 2.00. The van der Waals surface area contributed by atoms with Crippen LogP contribution in [0, 0.1) is 5.82 Å². The second-order valence-electron chi connectivity index (χ2n) is 4.55. The quantitative estimate of drug-likeness (QED) is 0.654. The van der Waals surface area contributed by atoms with E-state index in [4.69, 9.17) is 0 Å². The van der Waals surface area contributed by atoms with E-state index in [9.17, 15) is 4.39 Å². The van der Waals surface area contributed by atoms with Gasteiger partial charge in [0.15, 0.2) is 5.96 Å². The summed E-state index contributed by atoms with van der Waals surface area (Å²) in [6.07, 6.45) is 2.50. The van der Waals surface area contributed by atoms with Gasteiger partial charge in [0.25, 0.3) is 0 Å². The van der Waals surface area contributed by atoms with Crippen molar-refractivity contribution >= 4 is 5.96 Å². The van der Waals surface area contributed by atoms with Gasteiger partial charge in [-0.2, -0.15) is 0 Å². The molecule has 0 bridgehead atoms. The first-order valence-corrected chi connectivity index (χ1v) is 6.87. The lowest BCUT2D eigenvalue weighted by Gasteiger charge is -2.11. The van der Waals surface area contributed by atoms with Gasteiger partial charge in [-0.05, 0) is 36.2 Å². The summed E-state index contributed by atoms with van der Waals surface area (Å²) in [6.45, 7) is 1.30. The number of hydrogen-bond donors (Lipinski definition) is 2. The lowest BCUT2D eigenvalue weighted by atomic mass is 10.1. The van der Waals surface area contributed by atoms with Crippen LogP contribution in [0.2, 0.25) is 0 Å². The number of hydrogen-bond acceptors (Lipinski definition) is 2. The van der Waals surface area contributed by atoms with Crippen molar-refractivity contribution in [2.24, 2.45) is 4.99 Å². The van der Waals surface area contributed by atoms with Crippen molar-refractivity contribution in [2.75, 3.05) is 13.6 Å². The van der Waals surface area contributed by atoms with Crippen LogP contribution in [0.1, 0.15) is 11.3 Å². The summed E-state index contributed by atoms with van der Waals surface area (Å²) in [5.74, 6) is 0.502. The summed E-state index contributed by atoms with van der Waals surface area (Å²) in [5.41, 5.74) is 1.91. The van der Waals surface area contributed by atoms with Gasteiger partial charge in [-0.3, -0.25) is 9.98 Å². The fourth-order valence-corrected chi connectivity index (χ4v) is 1.92. The summed E-state index contributed by atoms with van der Waals surface area (Å²) in [5, 5.41) is 6.38. The molecule has 2 N–H and O–H groups in total. The summed E-state index contributed by atoms with van der Waals surface area (Å²) in [6, 6.07) is 12.4. The third kappa shape index (κ3) is 5.22. The highest BCUT2D eigenvalue weighted by Crippen LogP contribution is 2.03. The van der Waals surface area contributed by atoms with E-state index < -0.39 is 0 Å². The van der Waals surface area contributed by atoms with E-state index in [-0.39, 0.29) is 5.82 Å². The van der Waals surface area contributed by atoms with Crippen LogP contribution < -0.4 is 10.6 Å². The Labute approximate surface area is 124 Å². The predicted molar refractivity (Wildman–Crippen MR) is 82.5 cm³/mol. The predicted octanol–water partition coefficient (Wildman–Crippen LogP) is 2.13. The van der Waals surface area contributed by atoms with Crippen LogP contribution >= 0.6 is 0 Å². The number of rotatable bonds is 5. The number of aliphatic imine (C=N–C) groups is 1. The van der Waals surface area contributed by atoms with Crippen LogP contribution in [-0.2, 0) is 13.0 Å². The van der Waals surface area contributed by atoms with E-state index in [0.29, 0.717) is 19.0 Å². The number of nitrogens with zero attached hydrogens (tertiary/aromatic N) is 2. The number of guanidine groups is 1. The van der Waals surface area contributed by atoms with Crippen molar-refractivity contribution in [2.45, 2.75) is 13.0 Å². The van der Waals surface area contributed by atoms with Crippen molar-refractivity contribution < 1.29 is 4.39 Å². The molecule has 0 radical (unpaired) electrons. The Hall–Kier alpha value is -2.43. The summed E-state index contributed by atoms with van der Waals surface area (Å²) >= 11 is 0. The van der Waals surface area contributed by atoms with Crippen LogP contribution in [0.15, 0.2) is 53.7 Å². The molecule has 21 heavy (non-hydrogen) atoms. The molecule has 0 aliphatic rings. The molecule has 0 amide bonds. The molecule has 2 rings (SSSR count). The lowest BCUT2D eigenvalue weighted by Crippen LogP contribution is -2.38. The fraction of sp³-hybridized carbons (Fsp3) is 0.250. The number of pyridine rings is 1. The molecule has 0 saturated carbocycles. The van der Waals surface area contributed by atoms with Crippen molar-refractivity contribution in [3.8, 4) is 0 Å². The van der Waals surface area contributed by atoms with Gasteiger partial charge in [-0.1, -0.05) is 18.2 Å². The van der Waals surface area contributed by atoms with E-state index in [2.05, 4.69) is 20.6 Å². The first kappa shape index (κ1) is 15.0.